The van der Waals surface area contributed by atoms with Gasteiger partial charge in [-0.05, 0) is 33.2 Å². The van der Waals surface area contributed by atoms with Crippen molar-refractivity contribution in [2.24, 2.45) is 0 Å². The van der Waals surface area contributed by atoms with Gasteiger partial charge in [-0.25, -0.2) is 4.79 Å². The van der Waals surface area contributed by atoms with Crippen molar-refractivity contribution in [3.63, 3.8) is 0 Å². The lowest BCUT2D eigenvalue weighted by molar-refractivity contribution is 0.176. The van der Waals surface area contributed by atoms with Crippen molar-refractivity contribution in [1.82, 2.24) is 15.5 Å². The number of carbonyl (C=O) groups is 1. The monoisotopic (exact) mass is 199 g/mol. The molecule has 4 heteroatoms. The minimum Gasteiger partial charge on any atom is -0.336 e. The Hall–Kier alpha value is -0.770. The third-order valence-corrected chi connectivity index (χ3v) is 2.55. The molecule has 0 radical (unpaired) electrons. The Morgan fingerprint density at radius 2 is 2.29 bits per heavy atom. The van der Waals surface area contributed by atoms with Crippen molar-refractivity contribution in [3.8, 4) is 0 Å². The number of likely N-dealkylation sites (N-methyl/N-ethyl adjacent to an activating group) is 1. The van der Waals surface area contributed by atoms with Gasteiger partial charge in [0, 0.05) is 25.7 Å². The van der Waals surface area contributed by atoms with E-state index in [4.69, 9.17) is 0 Å². The van der Waals surface area contributed by atoms with Gasteiger partial charge in [0.05, 0.1) is 0 Å². The largest absolute Gasteiger partial charge is 0.336 e. The highest BCUT2D eigenvalue weighted by atomic mass is 16.2. The van der Waals surface area contributed by atoms with Crippen molar-refractivity contribution in [2.75, 3.05) is 20.1 Å². The van der Waals surface area contributed by atoms with Gasteiger partial charge in [0.2, 0.25) is 0 Å². The minimum atomic E-state index is 0.0358. The van der Waals surface area contributed by atoms with Crippen LogP contribution in [0.15, 0.2) is 0 Å². The molecule has 1 heterocycles. The zero-order chi connectivity index (χ0) is 10.6. The van der Waals surface area contributed by atoms with Crippen LogP contribution < -0.4 is 10.6 Å². The molecule has 4 nitrogen and oxygen atoms in total. The number of piperidine rings is 1. The first-order valence-electron chi connectivity index (χ1n) is 5.35. The van der Waals surface area contributed by atoms with Gasteiger partial charge < -0.3 is 15.5 Å². The van der Waals surface area contributed by atoms with E-state index in [9.17, 15) is 4.79 Å². The van der Waals surface area contributed by atoms with E-state index in [1.807, 2.05) is 25.8 Å². The molecule has 1 saturated heterocycles. The first-order chi connectivity index (χ1) is 6.61. The molecule has 2 N–H and O–H groups in total. The Labute approximate surface area is 86.0 Å². The highest BCUT2D eigenvalue weighted by molar-refractivity contribution is 5.74. The summed E-state index contributed by atoms with van der Waals surface area (Å²) >= 11 is 0. The number of rotatable bonds is 2. The van der Waals surface area contributed by atoms with Crippen LogP contribution in [0.4, 0.5) is 4.79 Å². The highest BCUT2D eigenvalue weighted by Crippen LogP contribution is 2.08. The van der Waals surface area contributed by atoms with E-state index in [-0.39, 0.29) is 12.1 Å². The summed E-state index contributed by atoms with van der Waals surface area (Å²) in [7, 11) is 1.87. The number of urea groups is 1. The summed E-state index contributed by atoms with van der Waals surface area (Å²) < 4.78 is 0. The van der Waals surface area contributed by atoms with E-state index in [1.165, 1.54) is 0 Å². The number of nitrogens with zero attached hydrogens (tertiary/aromatic N) is 1. The molecule has 2 amide bonds. The summed E-state index contributed by atoms with van der Waals surface area (Å²) in [6.45, 7) is 5.95. The Bertz CT molecular complexity index is 188. The van der Waals surface area contributed by atoms with Crippen molar-refractivity contribution in [3.05, 3.63) is 0 Å². The first-order valence-corrected chi connectivity index (χ1v) is 5.35. The fourth-order valence-electron chi connectivity index (χ4n) is 1.68. The molecule has 1 aliphatic rings. The number of amides is 2. The fraction of sp³-hybridized carbons (Fsp3) is 0.900. The van der Waals surface area contributed by atoms with E-state index < -0.39 is 0 Å². The maximum Gasteiger partial charge on any atom is 0.317 e. The lowest BCUT2D eigenvalue weighted by Gasteiger charge is -2.32. The molecule has 0 aromatic carbocycles. The fourth-order valence-corrected chi connectivity index (χ4v) is 1.68. The Morgan fingerprint density at radius 1 is 1.57 bits per heavy atom. The second kappa shape index (κ2) is 5.20. The van der Waals surface area contributed by atoms with Crippen molar-refractivity contribution < 1.29 is 4.79 Å². The number of hydrogen-bond acceptors (Lipinski definition) is 2. The molecule has 0 bridgehead atoms. The smallest absolute Gasteiger partial charge is 0.317 e. The average Bonchev–Trinajstić information content (AvgIpc) is 2.17. The van der Waals surface area contributed by atoms with Crippen LogP contribution >= 0.6 is 0 Å². The number of carbonyl (C=O) groups excluding carboxylic acids is 1. The molecule has 0 spiro atoms. The van der Waals surface area contributed by atoms with Crippen LogP contribution in [-0.4, -0.2) is 43.2 Å². The van der Waals surface area contributed by atoms with Crippen LogP contribution in [-0.2, 0) is 0 Å². The van der Waals surface area contributed by atoms with E-state index >= 15 is 0 Å². The van der Waals surface area contributed by atoms with Crippen molar-refractivity contribution in [1.29, 1.82) is 0 Å². The summed E-state index contributed by atoms with van der Waals surface area (Å²) in [6, 6.07) is 0.595. The van der Waals surface area contributed by atoms with Crippen molar-refractivity contribution >= 4 is 6.03 Å². The lowest BCUT2D eigenvalue weighted by atomic mass is 10.1. The van der Waals surface area contributed by atoms with Crippen LogP contribution in [0.2, 0.25) is 0 Å². The Morgan fingerprint density at radius 3 is 2.79 bits per heavy atom. The van der Waals surface area contributed by atoms with Gasteiger partial charge in [-0.2, -0.15) is 0 Å². The summed E-state index contributed by atoms with van der Waals surface area (Å²) in [4.78, 5) is 13.5. The lowest BCUT2D eigenvalue weighted by Crippen LogP contribution is -2.51. The normalized spacial score (nSPS) is 22.1. The number of hydrogen-bond donors (Lipinski definition) is 2. The van der Waals surface area contributed by atoms with E-state index in [2.05, 4.69) is 10.6 Å². The van der Waals surface area contributed by atoms with Crippen LogP contribution in [0.5, 0.6) is 0 Å². The third-order valence-electron chi connectivity index (χ3n) is 2.55. The van der Waals surface area contributed by atoms with Gasteiger partial charge in [-0.1, -0.05) is 0 Å². The van der Waals surface area contributed by atoms with Gasteiger partial charge in [-0.15, -0.1) is 0 Å². The summed E-state index contributed by atoms with van der Waals surface area (Å²) in [5.41, 5.74) is 0. The summed E-state index contributed by atoms with van der Waals surface area (Å²) in [6.07, 6.45) is 2.26. The van der Waals surface area contributed by atoms with Crippen LogP contribution in [0.1, 0.15) is 26.7 Å². The second-order valence-electron chi connectivity index (χ2n) is 4.22. The highest BCUT2D eigenvalue weighted by Gasteiger charge is 2.21. The number of nitrogens with one attached hydrogen (secondary N) is 2. The Balaban J connectivity index is 2.38. The SMILES string of the molecule is CC(C)NC(=O)N(C)[C@@H]1CCCNC1. The molecule has 82 valence electrons. The molecule has 0 aromatic heterocycles. The Kier molecular flexibility index (Phi) is 4.20. The molecular formula is C10H21N3O. The van der Waals surface area contributed by atoms with E-state index in [0.717, 1.165) is 25.9 Å². The molecule has 0 unspecified atom stereocenters. The van der Waals surface area contributed by atoms with Crippen LogP contribution in [0.3, 0.4) is 0 Å². The topological polar surface area (TPSA) is 44.4 Å². The molecule has 1 rings (SSSR count). The predicted molar refractivity (Wildman–Crippen MR) is 57.3 cm³/mol. The third kappa shape index (κ3) is 3.18. The van der Waals surface area contributed by atoms with Crippen LogP contribution in [0.25, 0.3) is 0 Å². The molecule has 1 atom stereocenters. The molecule has 1 fully saturated rings. The maximum atomic E-state index is 11.6. The van der Waals surface area contributed by atoms with Crippen LogP contribution in [0, 0.1) is 0 Å². The van der Waals surface area contributed by atoms with E-state index in [0.29, 0.717) is 6.04 Å². The quantitative estimate of drug-likeness (QED) is 0.690. The zero-order valence-electron chi connectivity index (χ0n) is 9.34. The average molecular weight is 199 g/mol. The van der Waals surface area contributed by atoms with Gasteiger partial charge in [0.15, 0.2) is 0 Å². The predicted octanol–water partition coefficient (Wildman–Crippen LogP) is 0.788. The second-order valence-corrected chi connectivity index (χ2v) is 4.22. The zero-order valence-corrected chi connectivity index (χ0v) is 9.34. The van der Waals surface area contributed by atoms with Crippen molar-refractivity contribution in [2.45, 2.75) is 38.8 Å². The van der Waals surface area contributed by atoms with E-state index in [1.54, 1.807) is 0 Å². The molecule has 0 saturated carbocycles. The molecule has 14 heavy (non-hydrogen) atoms. The van der Waals surface area contributed by atoms with Gasteiger partial charge >= 0.3 is 6.03 Å². The minimum absolute atomic E-state index is 0.0358. The molecule has 1 aliphatic heterocycles. The van der Waals surface area contributed by atoms with Gasteiger partial charge in [-0.3, -0.25) is 0 Å². The summed E-state index contributed by atoms with van der Waals surface area (Å²) in [5, 5.41) is 6.20. The molecular weight excluding hydrogens is 178 g/mol. The summed E-state index contributed by atoms with van der Waals surface area (Å²) in [5.74, 6) is 0. The standard InChI is InChI=1S/C10H21N3O/c1-8(2)12-10(14)13(3)9-5-4-6-11-7-9/h8-9,11H,4-7H2,1-3H3,(H,12,14)/t9-/m1/s1. The first kappa shape index (κ1) is 11.3. The molecule has 0 aliphatic carbocycles. The molecule has 0 aromatic rings. The van der Waals surface area contributed by atoms with Gasteiger partial charge in [0.25, 0.3) is 0 Å². The maximum absolute atomic E-state index is 11.6. The van der Waals surface area contributed by atoms with Gasteiger partial charge in [0.1, 0.15) is 0 Å².